The van der Waals surface area contributed by atoms with Gasteiger partial charge in [0.2, 0.25) is 6.29 Å². The molecule has 4 nitrogen and oxygen atoms in total. The van der Waals surface area contributed by atoms with Crippen molar-refractivity contribution >= 4 is 5.97 Å². The first-order chi connectivity index (χ1) is 13.4. The van der Waals surface area contributed by atoms with Gasteiger partial charge in [0.25, 0.3) is 0 Å². The molecule has 0 bridgehead atoms. The van der Waals surface area contributed by atoms with Gasteiger partial charge in [-0.05, 0) is 73.5 Å². The Balaban J connectivity index is 1.69. The van der Waals surface area contributed by atoms with Crippen LogP contribution in [0.4, 0.5) is 0 Å². The predicted molar refractivity (Wildman–Crippen MR) is 113 cm³/mol. The number of hydrogen-bond donors (Lipinski definition) is 2. The van der Waals surface area contributed by atoms with Gasteiger partial charge in [-0.1, -0.05) is 46.3 Å². The van der Waals surface area contributed by atoms with Crippen LogP contribution in [0.5, 0.6) is 0 Å². The molecule has 0 aromatic rings. The van der Waals surface area contributed by atoms with Crippen molar-refractivity contribution in [2.75, 3.05) is 0 Å². The van der Waals surface area contributed by atoms with Crippen molar-refractivity contribution in [3.05, 3.63) is 23.8 Å². The Labute approximate surface area is 175 Å². The van der Waals surface area contributed by atoms with E-state index in [0.29, 0.717) is 22.3 Å². The second kappa shape index (κ2) is 6.68. The van der Waals surface area contributed by atoms with E-state index in [9.17, 15) is 15.0 Å². The van der Waals surface area contributed by atoms with Gasteiger partial charge in [-0.2, -0.15) is 0 Å². The van der Waals surface area contributed by atoms with Gasteiger partial charge in [0.05, 0.1) is 5.60 Å². The van der Waals surface area contributed by atoms with Gasteiger partial charge in [-0.3, -0.25) is 0 Å². The molecule has 3 aliphatic carbocycles. The summed E-state index contributed by atoms with van der Waals surface area (Å²) in [5.74, 6) is 0.790. The third-order valence-corrected chi connectivity index (χ3v) is 9.44. The Morgan fingerprint density at radius 3 is 2.34 bits per heavy atom. The molecule has 3 saturated carbocycles. The number of ether oxygens (including phenoxy) is 1. The smallest absolute Gasteiger partial charge is 0.333 e. The van der Waals surface area contributed by atoms with Gasteiger partial charge in [0, 0.05) is 17.6 Å². The van der Waals surface area contributed by atoms with Crippen LogP contribution in [0.15, 0.2) is 23.8 Å². The molecular weight excluding hydrogens is 364 g/mol. The summed E-state index contributed by atoms with van der Waals surface area (Å²) >= 11 is 0. The highest BCUT2D eigenvalue weighted by Gasteiger charge is 2.63. The molecule has 1 unspecified atom stereocenters. The van der Waals surface area contributed by atoms with E-state index in [-0.39, 0.29) is 11.3 Å². The maximum Gasteiger partial charge on any atom is 0.333 e. The van der Waals surface area contributed by atoms with Gasteiger partial charge in [0.1, 0.15) is 0 Å². The molecule has 0 saturated heterocycles. The van der Waals surface area contributed by atoms with Crippen LogP contribution in [0.25, 0.3) is 0 Å². The third-order valence-electron chi connectivity index (χ3n) is 9.44. The molecule has 2 N–H and O–H groups in total. The predicted octanol–water partition coefficient (Wildman–Crippen LogP) is 4.75. The first kappa shape index (κ1) is 21.1. The number of aliphatic hydroxyl groups excluding tert-OH is 1. The highest BCUT2D eigenvalue weighted by atomic mass is 16.6. The summed E-state index contributed by atoms with van der Waals surface area (Å²) in [5.41, 5.74) is 0.393. The zero-order chi connectivity index (χ0) is 21.2. The van der Waals surface area contributed by atoms with Gasteiger partial charge in [0.15, 0.2) is 0 Å². The summed E-state index contributed by atoms with van der Waals surface area (Å²) in [6, 6.07) is 0. The van der Waals surface area contributed by atoms with Gasteiger partial charge in [-0.25, -0.2) is 4.79 Å². The maximum absolute atomic E-state index is 11.5. The molecule has 0 amide bonds. The summed E-state index contributed by atoms with van der Waals surface area (Å²) < 4.78 is 4.82. The molecule has 162 valence electrons. The molecule has 1 aliphatic heterocycles. The molecule has 7 atom stereocenters. The average Bonchev–Trinajstić information content (AvgIpc) is 2.90. The molecule has 0 aromatic carbocycles. The van der Waals surface area contributed by atoms with E-state index >= 15 is 0 Å². The molecule has 29 heavy (non-hydrogen) atoms. The van der Waals surface area contributed by atoms with E-state index in [1.54, 1.807) is 0 Å². The van der Waals surface area contributed by atoms with Crippen LogP contribution in [-0.2, 0) is 9.53 Å². The van der Waals surface area contributed by atoms with E-state index in [0.717, 1.165) is 25.2 Å². The lowest BCUT2D eigenvalue weighted by Gasteiger charge is -2.67. The number of cyclic esters (lactones) is 1. The van der Waals surface area contributed by atoms with Crippen molar-refractivity contribution < 1.29 is 19.7 Å². The fourth-order valence-corrected chi connectivity index (χ4v) is 8.20. The first-order valence-electron chi connectivity index (χ1n) is 11.4. The van der Waals surface area contributed by atoms with Crippen molar-refractivity contribution in [2.24, 2.45) is 34.0 Å². The Bertz CT molecular complexity index is 748. The fourth-order valence-electron chi connectivity index (χ4n) is 8.20. The molecule has 0 spiro atoms. The Kier molecular flexibility index (Phi) is 4.87. The highest BCUT2D eigenvalue weighted by Crippen LogP contribution is 2.69. The Morgan fingerprint density at radius 1 is 1.00 bits per heavy atom. The van der Waals surface area contributed by atoms with Crippen molar-refractivity contribution in [1.82, 2.24) is 0 Å². The lowest BCUT2D eigenvalue weighted by Crippen LogP contribution is -2.62. The number of fused-ring (bicyclic) bond motifs is 3. The monoisotopic (exact) mass is 402 g/mol. The van der Waals surface area contributed by atoms with Crippen molar-refractivity contribution in [1.29, 1.82) is 0 Å². The summed E-state index contributed by atoms with van der Waals surface area (Å²) in [6.45, 7) is 11.8. The molecule has 1 heterocycles. The second-order valence-electron chi connectivity index (χ2n) is 11.7. The largest absolute Gasteiger partial charge is 0.428 e. The molecule has 0 radical (unpaired) electrons. The zero-order valence-corrected chi connectivity index (χ0v) is 18.7. The number of carbonyl (C=O) groups is 1. The zero-order valence-electron chi connectivity index (χ0n) is 18.7. The van der Waals surface area contributed by atoms with Crippen LogP contribution in [0.3, 0.4) is 0 Å². The fraction of sp³-hybridized carbons (Fsp3) is 0.800. The minimum atomic E-state index is -1.19. The van der Waals surface area contributed by atoms with Crippen molar-refractivity contribution in [3.8, 4) is 0 Å². The van der Waals surface area contributed by atoms with E-state index in [4.69, 9.17) is 4.74 Å². The average molecular weight is 403 g/mol. The number of carbonyl (C=O) groups excluding carboxylic acids is 1. The van der Waals surface area contributed by atoms with Gasteiger partial charge >= 0.3 is 5.97 Å². The quantitative estimate of drug-likeness (QED) is 0.654. The molecular formula is C25H38O4. The molecule has 4 aliphatic rings. The van der Waals surface area contributed by atoms with Crippen molar-refractivity contribution in [2.45, 2.75) is 91.5 Å². The molecule has 0 aromatic heterocycles. The lowest BCUT2D eigenvalue weighted by atomic mass is 9.38. The van der Waals surface area contributed by atoms with E-state index in [1.807, 2.05) is 13.0 Å². The Morgan fingerprint density at radius 2 is 1.69 bits per heavy atom. The van der Waals surface area contributed by atoms with Gasteiger partial charge < -0.3 is 14.9 Å². The summed E-state index contributed by atoms with van der Waals surface area (Å²) in [4.78, 5) is 11.5. The van der Waals surface area contributed by atoms with E-state index in [1.165, 1.54) is 31.8 Å². The topological polar surface area (TPSA) is 66.8 Å². The maximum atomic E-state index is 11.5. The summed E-state index contributed by atoms with van der Waals surface area (Å²) in [7, 11) is 0. The second-order valence-corrected chi connectivity index (χ2v) is 11.7. The standard InChI is InChI=1S/C25H38O4/c1-22(2)11-6-12-23(3)17(22)9-13-24(4)18(23)10-14-25(5,28)19(24)8-7-16-15-20(26)29-21(16)27/h7-8,15,17-19,21,27-28H,6,9-14H2,1-5H3/b8-7+/t17-,18+,19+,21?,23+,24+,25+/m0/s1. The van der Waals surface area contributed by atoms with Crippen LogP contribution in [0.2, 0.25) is 0 Å². The molecule has 3 fully saturated rings. The van der Waals surface area contributed by atoms with Gasteiger partial charge in [-0.15, -0.1) is 0 Å². The summed E-state index contributed by atoms with van der Waals surface area (Å²) in [5, 5.41) is 21.3. The van der Waals surface area contributed by atoms with Crippen LogP contribution in [0, 0.1) is 34.0 Å². The Hall–Kier alpha value is -1.13. The van der Waals surface area contributed by atoms with Crippen LogP contribution >= 0.6 is 0 Å². The normalized spacial score (nSPS) is 49.3. The van der Waals surface area contributed by atoms with E-state index in [2.05, 4.69) is 33.8 Å². The van der Waals surface area contributed by atoms with Crippen LogP contribution < -0.4 is 0 Å². The minimum Gasteiger partial charge on any atom is -0.428 e. The number of esters is 1. The third kappa shape index (κ3) is 3.22. The minimum absolute atomic E-state index is 0.00586. The molecule has 4 heteroatoms. The number of rotatable bonds is 2. The van der Waals surface area contributed by atoms with E-state index < -0.39 is 17.9 Å². The van der Waals surface area contributed by atoms with Crippen LogP contribution in [0.1, 0.15) is 79.6 Å². The number of hydrogen-bond acceptors (Lipinski definition) is 4. The SMILES string of the molecule is CC1(C)CCC[C@@]2(C)[C@H]3CC[C@@](C)(O)[C@H](/C=C/C4=CC(=O)OC4O)[C@]3(C)CC[C@@H]12. The molecule has 4 rings (SSSR count). The lowest BCUT2D eigenvalue weighted by molar-refractivity contribution is -0.198. The first-order valence-corrected chi connectivity index (χ1v) is 11.4. The summed E-state index contributed by atoms with van der Waals surface area (Å²) in [6.07, 6.45) is 12.1. The number of aliphatic hydroxyl groups is 2. The van der Waals surface area contributed by atoms with Crippen molar-refractivity contribution in [3.63, 3.8) is 0 Å². The highest BCUT2D eigenvalue weighted by molar-refractivity contribution is 5.86. The van der Waals surface area contributed by atoms with Crippen LogP contribution in [-0.4, -0.2) is 28.1 Å².